The number of benzene rings is 2. The quantitative estimate of drug-likeness (QED) is 0.484. The molecule has 1 aliphatic rings. The molecule has 0 spiro atoms. The number of hydrogen-bond acceptors (Lipinski definition) is 6. The maximum atomic E-state index is 12.8. The molecule has 1 amide bonds. The van der Waals surface area contributed by atoms with Gasteiger partial charge in [0.05, 0.1) is 16.8 Å². The van der Waals surface area contributed by atoms with Crippen molar-refractivity contribution in [3.05, 3.63) is 70.2 Å². The number of nitrogen functional groups attached to an aromatic ring is 1. The van der Waals surface area contributed by atoms with Crippen LogP contribution in [-0.2, 0) is 19.5 Å². The molecule has 0 aliphatic carbocycles. The minimum absolute atomic E-state index is 0.227. The molecule has 29 heavy (non-hydrogen) atoms. The summed E-state index contributed by atoms with van der Waals surface area (Å²) in [6, 6.07) is 15.9. The van der Waals surface area contributed by atoms with E-state index < -0.39 is 0 Å². The summed E-state index contributed by atoms with van der Waals surface area (Å²) in [5.41, 5.74) is 9.91. The molecule has 7 nitrogen and oxygen atoms in total. The van der Waals surface area contributed by atoms with Gasteiger partial charge in [0.2, 0.25) is 0 Å². The fraction of sp³-hybridized carbons (Fsp3) is 0.190. The highest BCUT2D eigenvalue weighted by molar-refractivity contribution is 7.15. The molecule has 2 aromatic heterocycles. The smallest absolute Gasteiger partial charge is 0.259 e. The summed E-state index contributed by atoms with van der Waals surface area (Å²) in [7, 11) is 0. The highest BCUT2D eigenvalue weighted by Crippen LogP contribution is 2.29. The summed E-state index contributed by atoms with van der Waals surface area (Å²) in [6.07, 6.45) is 0.889. The predicted octanol–water partition coefficient (Wildman–Crippen LogP) is 3.41. The lowest BCUT2D eigenvalue weighted by Gasteiger charge is -2.25. The molecule has 0 unspecified atom stereocenters. The zero-order chi connectivity index (χ0) is 19.8. The Hall–Kier alpha value is -3.23. The van der Waals surface area contributed by atoms with Gasteiger partial charge in [-0.1, -0.05) is 36.4 Å². The summed E-state index contributed by atoms with van der Waals surface area (Å²) in [4.78, 5) is 28.3. The average Bonchev–Trinajstić information content (AvgIpc) is 3.29. The van der Waals surface area contributed by atoms with Crippen molar-refractivity contribution in [3.63, 3.8) is 0 Å². The van der Waals surface area contributed by atoms with Crippen LogP contribution in [0.3, 0.4) is 0 Å². The molecule has 0 fully saturated rings. The number of hydrogen-bond donors (Lipinski definition) is 3. The monoisotopic (exact) mass is 404 g/mol. The van der Waals surface area contributed by atoms with Crippen LogP contribution in [-0.4, -0.2) is 32.3 Å². The standard InChI is InChI=1S/C21H20N6OS/c22-20-23-16-8-4-7-14(18(16)25-20)19(28)26-21-24-15-9-10-27(12-17(15)29-21)11-13-5-2-1-3-6-13/h1-8H,9-12H2,(H3,22,23,25)(H,24,26,28). The van der Waals surface area contributed by atoms with Crippen LogP contribution in [0.4, 0.5) is 11.1 Å². The Morgan fingerprint density at radius 2 is 2.03 bits per heavy atom. The second kappa shape index (κ2) is 7.31. The number of fused-ring (bicyclic) bond motifs is 2. The first-order chi connectivity index (χ1) is 14.2. The van der Waals surface area contributed by atoms with E-state index in [0.717, 1.165) is 37.3 Å². The van der Waals surface area contributed by atoms with Crippen LogP contribution in [0.15, 0.2) is 48.5 Å². The molecule has 3 heterocycles. The number of thiazole rings is 1. The second-order valence-corrected chi connectivity index (χ2v) is 8.20. The molecule has 4 N–H and O–H groups in total. The van der Waals surface area contributed by atoms with E-state index in [4.69, 9.17) is 5.73 Å². The molecule has 8 heteroatoms. The van der Waals surface area contributed by atoms with E-state index in [1.54, 1.807) is 17.4 Å². The van der Waals surface area contributed by atoms with Crippen LogP contribution in [0.25, 0.3) is 11.0 Å². The van der Waals surface area contributed by atoms with Crippen molar-refractivity contribution < 1.29 is 4.79 Å². The molecule has 0 atom stereocenters. The van der Waals surface area contributed by atoms with Crippen molar-refractivity contribution in [1.29, 1.82) is 0 Å². The largest absolute Gasteiger partial charge is 0.369 e. The third-order valence-corrected chi connectivity index (χ3v) is 6.05. The number of H-pyrrole nitrogens is 1. The Kier molecular flexibility index (Phi) is 4.49. The Morgan fingerprint density at radius 3 is 2.90 bits per heavy atom. The number of anilines is 2. The van der Waals surface area contributed by atoms with Gasteiger partial charge in [0.1, 0.15) is 5.52 Å². The fourth-order valence-electron chi connectivity index (χ4n) is 3.68. The first kappa shape index (κ1) is 17.8. The summed E-state index contributed by atoms with van der Waals surface area (Å²) >= 11 is 1.55. The van der Waals surface area contributed by atoms with Gasteiger partial charge < -0.3 is 10.7 Å². The van der Waals surface area contributed by atoms with E-state index in [-0.39, 0.29) is 5.91 Å². The third-order valence-electron chi connectivity index (χ3n) is 5.06. The second-order valence-electron chi connectivity index (χ2n) is 7.11. The lowest BCUT2D eigenvalue weighted by atomic mass is 10.1. The predicted molar refractivity (Wildman–Crippen MR) is 115 cm³/mol. The van der Waals surface area contributed by atoms with E-state index in [1.807, 2.05) is 18.2 Å². The van der Waals surface area contributed by atoms with Gasteiger partial charge in [0.15, 0.2) is 11.1 Å². The summed E-state index contributed by atoms with van der Waals surface area (Å²) in [6.45, 7) is 2.73. The summed E-state index contributed by atoms with van der Waals surface area (Å²) in [5.74, 6) is 0.0674. The minimum atomic E-state index is -0.227. The number of nitrogens with one attached hydrogen (secondary N) is 2. The van der Waals surface area contributed by atoms with Crippen LogP contribution in [0, 0.1) is 0 Å². The van der Waals surface area contributed by atoms with Crippen molar-refractivity contribution in [2.45, 2.75) is 19.5 Å². The molecule has 0 bridgehead atoms. The number of para-hydroxylation sites is 1. The summed E-state index contributed by atoms with van der Waals surface area (Å²) in [5, 5.41) is 3.56. The van der Waals surface area contributed by atoms with E-state index in [9.17, 15) is 4.79 Å². The zero-order valence-corrected chi connectivity index (χ0v) is 16.5. The lowest BCUT2D eigenvalue weighted by Crippen LogP contribution is -2.29. The molecule has 4 aromatic rings. The number of rotatable bonds is 4. The van der Waals surface area contributed by atoms with Gasteiger partial charge in [0, 0.05) is 30.9 Å². The first-order valence-electron chi connectivity index (χ1n) is 9.46. The van der Waals surface area contributed by atoms with Crippen LogP contribution in [0.2, 0.25) is 0 Å². The van der Waals surface area contributed by atoms with Crippen LogP contribution in [0.1, 0.15) is 26.5 Å². The number of amides is 1. The van der Waals surface area contributed by atoms with E-state index >= 15 is 0 Å². The molecule has 2 aromatic carbocycles. The number of imidazole rings is 1. The van der Waals surface area contributed by atoms with Gasteiger partial charge in [0.25, 0.3) is 5.91 Å². The SMILES string of the molecule is Nc1nc2c(C(=O)Nc3nc4c(s3)CN(Cc3ccccc3)CC4)cccc2[nH]1. The highest BCUT2D eigenvalue weighted by Gasteiger charge is 2.22. The van der Waals surface area contributed by atoms with Crippen molar-refractivity contribution >= 4 is 39.4 Å². The normalized spacial score (nSPS) is 14.1. The van der Waals surface area contributed by atoms with Gasteiger partial charge in [-0.3, -0.25) is 15.0 Å². The van der Waals surface area contributed by atoms with Crippen LogP contribution in [0.5, 0.6) is 0 Å². The van der Waals surface area contributed by atoms with Crippen molar-refractivity contribution in [1.82, 2.24) is 19.9 Å². The molecule has 0 saturated heterocycles. The molecule has 146 valence electrons. The molecule has 0 radical (unpaired) electrons. The first-order valence-corrected chi connectivity index (χ1v) is 10.3. The Labute approximate surface area is 171 Å². The Morgan fingerprint density at radius 1 is 1.17 bits per heavy atom. The van der Waals surface area contributed by atoms with E-state index in [1.165, 1.54) is 10.4 Å². The minimum Gasteiger partial charge on any atom is -0.369 e. The van der Waals surface area contributed by atoms with Crippen molar-refractivity contribution in [2.75, 3.05) is 17.6 Å². The van der Waals surface area contributed by atoms with Gasteiger partial charge in [-0.05, 0) is 17.7 Å². The number of carbonyl (C=O) groups excluding carboxylic acids is 1. The molecule has 0 saturated carbocycles. The number of nitrogens with zero attached hydrogens (tertiary/aromatic N) is 3. The van der Waals surface area contributed by atoms with E-state index in [0.29, 0.717) is 22.2 Å². The third kappa shape index (κ3) is 3.59. The number of aromatic nitrogens is 3. The fourth-order valence-corrected chi connectivity index (χ4v) is 4.72. The molecule has 5 rings (SSSR count). The average molecular weight is 404 g/mol. The zero-order valence-electron chi connectivity index (χ0n) is 15.7. The van der Waals surface area contributed by atoms with E-state index in [2.05, 4.69) is 49.4 Å². The van der Waals surface area contributed by atoms with Crippen molar-refractivity contribution in [2.24, 2.45) is 0 Å². The number of nitrogens with two attached hydrogens (primary N) is 1. The maximum absolute atomic E-state index is 12.8. The van der Waals surface area contributed by atoms with Gasteiger partial charge >= 0.3 is 0 Å². The molecular weight excluding hydrogens is 384 g/mol. The summed E-state index contributed by atoms with van der Waals surface area (Å²) < 4.78 is 0. The maximum Gasteiger partial charge on any atom is 0.259 e. The van der Waals surface area contributed by atoms with Crippen LogP contribution >= 0.6 is 11.3 Å². The molecular formula is C21H20N6OS. The Bertz CT molecular complexity index is 1180. The topological polar surface area (TPSA) is 99.9 Å². The van der Waals surface area contributed by atoms with Crippen molar-refractivity contribution in [3.8, 4) is 0 Å². The highest BCUT2D eigenvalue weighted by atomic mass is 32.1. The number of carbonyl (C=O) groups is 1. The van der Waals surface area contributed by atoms with Gasteiger partial charge in [-0.15, -0.1) is 11.3 Å². The van der Waals surface area contributed by atoms with Gasteiger partial charge in [-0.2, -0.15) is 0 Å². The van der Waals surface area contributed by atoms with Crippen LogP contribution < -0.4 is 11.1 Å². The van der Waals surface area contributed by atoms with Gasteiger partial charge in [-0.25, -0.2) is 9.97 Å². The lowest BCUT2D eigenvalue weighted by molar-refractivity contribution is 0.102. The Balaban J connectivity index is 1.32. The molecule has 1 aliphatic heterocycles. The number of aromatic amines is 1.